The Kier molecular flexibility index (Phi) is 3.82. The largest absolute Gasteiger partial charge is 0.495 e. The number of nitrogen functional groups attached to an aromatic ring is 1. The Hall–Kier alpha value is -2.75. The summed E-state index contributed by atoms with van der Waals surface area (Å²) in [4.78, 5) is 4.69. The van der Waals surface area contributed by atoms with E-state index in [9.17, 15) is 0 Å². The topological polar surface area (TPSA) is 60.2 Å². The number of nitrogens with zero attached hydrogens (tertiary/aromatic N) is 1. The maximum Gasteiger partial charge on any atom is 0.142 e. The highest BCUT2D eigenvalue weighted by Gasteiger charge is 2.13. The molecule has 0 spiro atoms. The van der Waals surface area contributed by atoms with Crippen molar-refractivity contribution in [2.45, 2.75) is 20.8 Å². The molecule has 1 aromatic heterocycles. The van der Waals surface area contributed by atoms with Gasteiger partial charge in [-0.05, 0) is 56.2 Å². The molecular weight excluding hydrogens is 286 g/mol. The smallest absolute Gasteiger partial charge is 0.142 e. The van der Waals surface area contributed by atoms with E-state index in [1.54, 1.807) is 7.11 Å². The number of ether oxygens (including phenoxy) is 1. The van der Waals surface area contributed by atoms with Crippen LogP contribution in [0.5, 0.6) is 5.75 Å². The van der Waals surface area contributed by atoms with Crippen LogP contribution >= 0.6 is 0 Å². The van der Waals surface area contributed by atoms with Crippen molar-refractivity contribution < 1.29 is 4.74 Å². The van der Waals surface area contributed by atoms with E-state index < -0.39 is 0 Å². The van der Waals surface area contributed by atoms with Crippen LogP contribution in [0.25, 0.3) is 10.9 Å². The van der Waals surface area contributed by atoms with Gasteiger partial charge >= 0.3 is 0 Å². The number of para-hydroxylation sites is 2. The molecule has 23 heavy (non-hydrogen) atoms. The third-order valence-electron chi connectivity index (χ3n) is 4.13. The van der Waals surface area contributed by atoms with E-state index in [4.69, 9.17) is 15.5 Å². The summed E-state index contributed by atoms with van der Waals surface area (Å²) in [6.07, 6.45) is 0. The van der Waals surface area contributed by atoms with Gasteiger partial charge in [0.25, 0.3) is 0 Å². The van der Waals surface area contributed by atoms with Gasteiger partial charge in [-0.1, -0.05) is 12.1 Å². The zero-order valence-corrected chi connectivity index (χ0v) is 13.9. The Balaban J connectivity index is 2.23. The second-order valence-corrected chi connectivity index (χ2v) is 5.77. The summed E-state index contributed by atoms with van der Waals surface area (Å²) in [5, 5.41) is 4.40. The summed E-state index contributed by atoms with van der Waals surface area (Å²) in [6, 6.07) is 11.8. The average Bonchev–Trinajstić information content (AvgIpc) is 2.52. The lowest BCUT2D eigenvalue weighted by Gasteiger charge is -2.16. The molecule has 0 amide bonds. The highest BCUT2D eigenvalue weighted by Crippen LogP contribution is 2.36. The van der Waals surface area contributed by atoms with Gasteiger partial charge in [-0.25, -0.2) is 0 Å². The molecule has 118 valence electrons. The number of aromatic nitrogens is 1. The number of pyridine rings is 1. The lowest BCUT2D eigenvalue weighted by atomic mass is 10.0. The molecule has 0 saturated carbocycles. The molecule has 3 rings (SSSR count). The standard InChI is InChI=1S/C19H21N3O/c1-11-9-14(20)18-16(10-12(2)21-19(18)13(11)3)22-15-7-5-6-8-17(15)23-4/h5-10H,20H2,1-4H3,(H,21,22). The maximum atomic E-state index is 6.29. The molecule has 3 N–H and O–H groups in total. The predicted octanol–water partition coefficient (Wildman–Crippen LogP) is 4.49. The first kappa shape index (κ1) is 15.2. The highest BCUT2D eigenvalue weighted by molar-refractivity contribution is 6.03. The van der Waals surface area contributed by atoms with Crippen LogP contribution < -0.4 is 15.8 Å². The van der Waals surface area contributed by atoms with E-state index in [1.165, 1.54) is 0 Å². The van der Waals surface area contributed by atoms with Gasteiger partial charge in [-0.2, -0.15) is 0 Å². The molecule has 0 unspecified atom stereocenters. The van der Waals surface area contributed by atoms with Crippen molar-refractivity contribution in [1.29, 1.82) is 0 Å². The fraction of sp³-hybridized carbons (Fsp3) is 0.211. The SMILES string of the molecule is COc1ccccc1Nc1cc(C)nc2c(C)c(C)cc(N)c12. The van der Waals surface area contributed by atoms with Crippen LogP contribution in [0, 0.1) is 20.8 Å². The first-order valence-corrected chi connectivity index (χ1v) is 7.58. The van der Waals surface area contributed by atoms with Crippen molar-refractivity contribution in [1.82, 2.24) is 4.98 Å². The predicted molar refractivity (Wildman–Crippen MR) is 96.6 cm³/mol. The van der Waals surface area contributed by atoms with Crippen LogP contribution in [-0.2, 0) is 0 Å². The van der Waals surface area contributed by atoms with Gasteiger partial charge in [0, 0.05) is 16.8 Å². The van der Waals surface area contributed by atoms with Crippen molar-refractivity contribution in [3.05, 3.63) is 53.2 Å². The van der Waals surface area contributed by atoms with E-state index in [0.717, 1.165) is 50.5 Å². The zero-order valence-electron chi connectivity index (χ0n) is 13.9. The molecule has 0 aliphatic heterocycles. The molecule has 3 aromatic rings. The summed E-state index contributed by atoms with van der Waals surface area (Å²) in [7, 11) is 1.66. The monoisotopic (exact) mass is 307 g/mol. The van der Waals surface area contributed by atoms with Crippen molar-refractivity contribution in [3.8, 4) is 5.75 Å². The van der Waals surface area contributed by atoms with Crippen molar-refractivity contribution in [3.63, 3.8) is 0 Å². The van der Waals surface area contributed by atoms with Crippen molar-refractivity contribution >= 4 is 28.0 Å². The van der Waals surface area contributed by atoms with Crippen LogP contribution in [0.3, 0.4) is 0 Å². The number of hydrogen-bond donors (Lipinski definition) is 2. The Morgan fingerprint density at radius 1 is 1.04 bits per heavy atom. The molecule has 0 radical (unpaired) electrons. The molecule has 1 heterocycles. The summed E-state index contributed by atoms with van der Waals surface area (Å²) in [6.45, 7) is 6.13. The molecule has 0 fully saturated rings. The average molecular weight is 307 g/mol. The Morgan fingerprint density at radius 3 is 2.52 bits per heavy atom. The Bertz CT molecular complexity index is 887. The summed E-state index contributed by atoms with van der Waals surface area (Å²) in [5.41, 5.74) is 13.1. The lowest BCUT2D eigenvalue weighted by Crippen LogP contribution is -2.01. The molecule has 2 aromatic carbocycles. The second-order valence-electron chi connectivity index (χ2n) is 5.77. The number of nitrogens with one attached hydrogen (secondary N) is 1. The lowest BCUT2D eigenvalue weighted by molar-refractivity contribution is 0.417. The number of nitrogens with two attached hydrogens (primary N) is 1. The molecule has 0 aliphatic carbocycles. The van der Waals surface area contributed by atoms with E-state index in [2.05, 4.69) is 19.2 Å². The van der Waals surface area contributed by atoms with Crippen LogP contribution in [-0.4, -0.2) is 12.1 Å². The molecule has 0 saturated heterocycles. The maximum absolute atomic E-state index is 6.29. The van der Waals surface area contributed by atoms with Crippen molar-refractivity contribution in [2.24, 2.45) is 0 Å². The van der Waals surface area contributed by atoms with E-state index >= 15 is 0 Å². The number of rotatable bonds is 3. The van der Waals surface area contributed by atoms with E-state index in [-0.39, 0.29) is 0 Å². The van der Waals surface area contributed by atoms with E-state index in [1.807, 2.05) is 43.3 Å². The number of fused-ring (bicyclic) bond motifs is 1. The van der Waals surface area contributed by atoms with Crippen LogP contribution in [0.2, 0.25) is 0 Å². The van der Waals surface area contributed by atoms with Gasteiger partial charge < -0.3 is 15.8 Å². The molecule has 0 atom stereocenters. The first-order valence-electron chi connectivity index (χ1n) is 7.58. The van der Waals surface area contributed by atoms with Crippen LogP contribution in [0.15, 0.2) is 36.4 Å². The number of anilines is 3. The fourth-order valence-corrected chi connectivity index (χ4v) is 2.83. The third-order valence-corrected chi connectivity index (χ3v) is 4.13. The molecular formula is C19H21N3O. The number of aryl methyl sites for hydroxylation is 3. The highest BCUT2D eigenvalue weighted by atomic mass is 16.5. The number of methoxy groups -OCH3 is 1. The third kappa shape index (κ3) is 2.68. The van der Waals surface area contributed by atoms with Gasteiger partial charge in [0.1, 0.15) is 5.75 Å². The van der Waals surface area contributed by atoms with Crippen molar-refractivity contribution in [2.75, 3.05) is 18.2 Å². The van der Waals surface area contributed by atoms with Gasteiger partial charge in [-0.3, -0.25) is 4.98 Å². The summed E-state index contributed by atoms with van der Waals surface area (Å²) in [5.74, 6) is 0.789. The molecule has 0 aliphatic rings. The van der Waals surface area contributed by atoms with Gasteiger partial charge in [-0.15, -0.1) is 0 Å². The summed E-state index contributed by atoms with van der Waals surface area (Å²) < 4.78 is 5.42. The molecule has 0 bridgehead atoms. The quantitative estimate of drug-likeness (QED) is 0.700. The minimum Gasteiger partial charge on any atom is -0.495 e. The second kappa shape index (κ2) is 5.80. The summed E-state index contributed by atoms with van der Waals surface area (Å²) >= 11 is 0. The van der Waals surface area contributed by atoms with Crippen LogP contribution in [0.1, 0.15) is 16.8 Å². The van der Waals surface area contributed by atoms with E-state index in [0.29, 0.717) is 0 Å². The van der Waals surface area contributed by atoms with Gasteiger partial charge in [0.05, 0.1) is 24.0 Å². The Morgan fingerprint density at radius 2 is 1.78 bits per heavy atom. The Labute approximate surface area is 136 Å². The fourth-order valence-electron chi connectivity index (χ4n) is 2.83. The van der Waals surface area contributed by atoms with Gasteiger partial charge in [0.15, 0.2) is 0 Å². The number of hydrogen-bond acceptors (Lipinski definition) is 4. The number of benzene rings is 2. The zero-order chi connectivity index (χ0) is 16.6. The molecule has 4 nitrogen and oxygen atoms in total. The minimum absolute atomic E-state index is 0.730. The van der Waals surface area contributed by atoms with Crippen LogP contribution in [0.4, 0.5) is 17.1 Å². The normalized spacial score (nSPS) is 10.8. The molecule has 4 heteroatoms. The first-order chi connectivity index (χ1) is 11.0. The minimum atomic E-state index is 0.730. The van der Waals surface area contributed by atoms with Gasteiger partial charge in [0.2, 0.25) is 0 Å².